The van der Waals surface area contributed by atoms with Crippen molar-refractivity contribution < 1.29 is 0 Å². The molecule has 0 saturated carbocycles. The number of pyridine rings is 1. The van der Waals surface area contributed by atoms with Crippen molar-refractivity contribution in [2.75, 3.05) is 0 Å². The molecule has 0 radical (unpaired) electrons. The molecule has 0 saturated heterocycles. The first-order valence-electron chi connectivity index (χ1n) is 3.44. The molecule has 2 rings (SSSR count). The predicted octanol–water partition coefficient (Wildman–Crippen LogP) is 1.95. The molecule has 0 aliphatic heterocycles. The molecule has 1 aromatic heterocycles. The number of H-pyrrole nitrogens is 1. The highest BCUT2D eigenvalue weighted by Crippen LogP contribution is 2.05. The lowest BCUT2D eigenvalue weighted by Gasteiger charge is -1.92. The van der Waals surface area contributed by atoms with Crippen LogP contribution in [0.3, 0.4) is 0 Å². The molecule has 0 atom stereocenters. The van der Waals surface area contributed by atoms with Crippen LogP contribution in [-0.4, -0.2) is 4.98 Å². The van der Waals surface area contributed by atoms with E-state index in [0.717, 1.165) is 10.8 Å². The van der Waals surface area contributed by atoms with E-state index in [9.17, 15) is 4.79 Å². The van der Waals surface area contributed by atoms with E-state index in [4.69, 9.17) is 0 Å². The lowest BCUT2D eigenvalue weighted by Crippen LogP contribution is -2.03. The zero-order valence-corrected chi connectivity index (χ0v) is 7.10. The number of hydrogen-bond acceptors (Lipinski definition) is 1. The molecule has 0 aliphatic rings. The summed E-state index contributed by atoms with van der Waals surface area (Å²) in [7, 11) is 0. The summed E-state index contributed by atoms with van der Waals surface area (Å²) >= 11 is 0. The highest BCUT2D eigenvalue weighted by atomic mass is 35.5. The molecule has 0 spiro atoms. The second kappa shape index (κ2) is 3.41. The predicted molar refractivity (Wildman–Crippen MR) is 51.8 cm³/mol. The summed E-state index contributed by atoms with van der Waals surface area (Å²) in [6, 6.07) is 9.40. The molecule has 1 N–H and O–H groups in total. The fraction of sp³-hybridized carbons (Fsp3) is 0. The SMILES string of the molecule is Cl.O=c1[nH]ccc2ccccc12. The van der Waals surface area contributed by atoms with Gasteiger partial charge in [0.05, 0.1) is 0 Å². The molecule has 12 heavy (non-hydrogen) atoms. The topological polar surface area (TPSA) is 32.9 Å². The van der Waals surface area contributed by atoms with Gasteiger partial charge < -0.3 is 4.98 Å². The van der Waals surface area contributed by atoms with Gasteiger partial charge in [-0.05, 0) is 17.5 Å². The van der Waals surface area contributed by atoms with E-state index in [-0.39, 0.29) is 18.0 Å². The maximum Gasteiger partial charge on any atom is 0.255 e. The van der Waals surface area contributed by atoms with Gasteiger partial charge in [-0.1, -0.05) is 18.2 Å². The van der Waals surface area contributed by atoms with Crippen molar-refractivity contribution in [3.05, 3.63) is 46.9 Å². The van der Waals surface area contributed by atoms with Crippen molar-refractivity contribution in [3.8, 4) is 0 Å². The van der Waals surface area contributed by atoms with Gasteiger partial charge in [0.25, 0.3) is 5.56 Å². The van der Waals surface area contributed by atoms with Crippen molar-refractivity contribution in [2.45, 2.75) is 0 Å². The lowest BCUT2D eigenvalue weighted by molar-refractivity contribution is 1.28. The number of halogens is 1. The summed E-state index contributed by atoms with van der Waals surface area (Å²) in [4.78, 5) is 13.7. The highest BCUT2D eigenvalue weighted by Gasteiger charge is 1.92. The molecule has 62 valence electrons. The number of aromatic amines is 1. The smallest absolute Gasteiger partial charge is 0.255 e. The van der Waals surface area contributed by atoms with Crippen LogP contribution in [0.25, 0.3) is 10.8 Å². The van der Waals surface area contributed by atoms with E-state index in [1.165, 1.54) is 0 Å². The Morgan fingerprint density at radius 2 is 1.83 bits per heavy atom. The summed E-state index contributed by atoms with van der Waals surface area (Å²) in [5.74, 6) is 0. The third-order valence-corrected chi connectivity index (χ3v) is 1.68. The molecule has 3 heteroatoms. The number of nitrogens with one attached hydrogen (secondary N) is 1. The summed E-state index contributed by atoms with van der Waals surface area (Å²) in [6.45, 7) is 0. The minimum Gasteiger partial charge on any atom is -0.329 e. The number of benzene rings is 1. The second-order valence-electron chi connectivity index (χ2n) is 2.39. The van der Waals surface area contributed by atoms with Crippen LogP contribution < -0.4 is 5.56 Å². The lowest BCUT2D eigenvalue weighted by atomic mass is 10.2. The minimum atomic E-state index is -0.0249. The first-order chi connectivity index (χ1) is 5.38. The van der Waals surface area contributed by atoms with Crippen LogP contribution in [0, 0.1) is 0 Å². The minimum absolute atomic E-state index is 0. The fourth-order valence-electron chi connectivity index (χ4n) is 1.13. The first kappa shape index (κ1) is 8.81. The Kier molecular flexibility index (Phi) is 2.51. The molecule has 1 aromatic carbocycles. The standard InChI is InChI=1S/C9H7NO.ClH/c11-9-8-4-2-1-3-7(8)5-6-10-9;/h1-6H,(H,10,11);1H. The molecule has 0 unspecified atom stereocenters. The third-order valence-electron chi connectivity index (χ3n) is 1.68. The Morgan fingerprint density at radius 1 is 1.08 bits per heavy atom. The van der Waals surface area contributed by atoms with Crippen LogP contribution in [0.2, 0.25) is 0 Å². The first-order valence-corrected chi connectivity index (χ1v) is 3.44. The van der Waals surface area contributed by atoms with Gasteiger partial charge in [0, 0.05) is 11.6 Å². The van der Waals surface area contributed by atoms with Gasteiger partial charge >= 0.3 is 0 Å². The van der Waals surface area contributed by atoms with Crippen LogP contribution in [0.1, 0.15) is 0 Å². The zero-order valence-electron chi connectivity index (χ0n) is 6.28. The molecule has 0 aliphatic carbocycles. The highest BCUT2D eigenvalue weighted by molar-refractivity contribution is 5.85. The number of rotatable bonds is 0. The zero-order chi connectivity index (χ0) is 7.68. The van der Waals surface area contributed by atoms with Crippen molar-refractivity contribution in [3.63, 3.8) is 0 Å². The van der Waals surface area contributed by atoms with E-state index in [1.807, 2.05) is 30.3 Å². The molecular weight excluding hydrogens is 174 g/mol. The maximum atomic E-state index is 11.1. The summed E-state index contributed by atoms with van der Waals surface area (Å²) in [5, 5.41) is 1.73. The van der Waals surface area contributed by atoms with Gasteiger partial charge in [-0.2, -0.15) is 0 Å². The van der Waals surface area contributed by atoms with E-state index in [1.54, 1.807) is 6.20 Å². The Bertz CT molecular complexity index is 430. The van der Waals surface area contributed by atoms with Gasteiger partial charge in [0.15, 0.2) is 0 Å². The molecular formula is C9H8ClNO. The van der Waals surface area contributed by atoms with E-state index >= 15 is 0 Å². The van der Waals surface area contributed by atoms with Crippen LogP contribution in [0.4, 0.5) is 0 Å². The Labute approximate surface area is 75.6 Å². The summed E-state index contributed by atoms with van der Waals surface area (Å²) in [6.07, 6.45) is 1.66. The van der Waals surface area contributed by atoms with Gasteiger partial charge in [0.1, 0.15) is 0 Å². The number of aromatic nitrogens is 1. The average molecular weight is 182 g/mol. The Balaban J connectivity index is 0.000000720. The Morgan fingerprint density at radius 3 is 2.58 bits per heavy atom. The molecule has 2 nitrogen and oxygen atoms in total. The Hall–Kier alpha value is -1.28. The molecule has 1 heterocycles. The van der Waals surface area contributed by atoms with Gasteiger partial charge in [-0.3, -0.25) is 4.79 Å². The van der Waals surface area contributed by atoms with Crippen LogP contribution >= 0.6 is 12.4 Å². The number of hydrogen-bond donors (Lipinski definition) is 1. The van der Waals surface area contributed by atoms with Gasteiger partial charge in [-0.15, -0.1) is 12.4 Å². The monoisotopic (exact) mass is 181 g/mol. The molecule has 0 fully saturated rings. The van der Waals surface area contributed by atoms with Crippen molar-refractivity contribution in [2.24, 2.45) is 0 Å². The van der Waals surface area contributed by atoms with E-state index < -0.39 is 0 Å². The fourth-order valence-corrected chi connectivity index (χ4v) is 1.13. The third kappa shape index (κ3) is 1.34. The summed E-state index contributed by atoms with van der Waals surface area (Å²) < 4.78 is 0. The van der Waals surface area contributed by atoms with E-state index in [2.05, 4.69) is 4.98 Å². The largest absolute Gasteiger partial charge is 0.329 e. The van der Waals surface area contributed by atoms with Crippen LogP contribution in [-0.2, 0) is 0 Å². The molecule has 2 aromatic rings. The van der Waals surface area contributed by atoms with Crippen molar-refractivity contribution >= 4 is 23.2 Å². The van der Waals surface area contributed by atoms with Crippen molar-refractivity contribution in [1.82, 2.24) is 4.98 Å². The molecule has 0 bridgehead atoms. The number of fused-ring (bicyclic) bond motifs is 1. The van der Waals surface area contributed by atoms with Crippen molar-refractivity contribution in [1.29, 1.82) is 0 Å². The van der Waals surface area contributed by atoms with Crippen LogP contribution in [0.5, 0.6) is 0 Å². The average Bonchev–Trinajstić information content (AvgIpc) is 2.06. The van der Waals surface area contributed by atoms with Gasteiger partial charge in [-0.25, -0.2) is 0 Å². The molecule has 0 amide bonds. The van der Waals surface area contributed by atoms with Gasteiger partial charge in [0.2, 0.25) is 0 Å². The van der Waals surface area contributed by atoms with E-state index in [0.29, 0.717) is 0 Å². The normalized spacial score (nSPS) is 9.33. The second-order valence-corrected chi connectivity index (χ2v) is 2.39. The van der Waals surface area contributed by atoms with Crippen LogP contribution in [0.15, 0.2) is 41.3 Å². The summed E-state index contributed by atoms with van der Waals surface area (Å²) in [5.41, 5.74) is -0.0249. The quantitative estimate of drug-likeness (QED) is 0.662. The maximum absolute atomic E-state index is 11.1.